The van der Waals surface area contributed by atoms with Gasteiger partial charge in [0.15, 0.2) is 5.13 Å². The first kappa shape index (κ1) is 15.8. The zero-order valence-corrected chi connectivity index (χ0v) is 14.1. The third kappa shape index (κ3) is 4.19. The van der Waals surface area contributed by atoms with Crippen molar-refractivity contribution in [2.75, 3.05) is 24.5 Å². The molecule has 1 fully saturated rings. The Morgan fingerprint density at radius 1 is 1.25 bits per heavy atom. The molecule has 0 unspecified atom stereocenters. The van der Waals surface area contributed by atoms with E-state index in [-0.39, 0.29) is 0 Å². The highest BCUT2D eigenvalue weighted by Crippen LogP contribution is 2.30. The number of nitrogens with zero attached hydrogens (tertiary/aromatic N) is 2. The number of aromatic nitrogens is 1. The fraction of sp³-hybridized carbons (Fsp3) is 0.812. The Morgan fingerprint density at radius 3 is 2.65 bits per heavy atom. The summed E-state index contributed by atoms with van der Waals surface area (Å²) in [7, 11) is 0. The van der Waals surface area contributed by atoms with Gasteiger partial charge in [-0.3, -0.25) is 0 Å². The van der Waals surface area contributed by atoms with E-state index in [2.05, 4.69) is 31.0 Å². The number of rotatable bonds is 7. The van der Waals surface area contributed by atoms with Crippen molar-refractivity contribution in [1.29, 1.82) is 0 Å². The monoisotopic (exact) mass is 295 g/mol. The van der Waals surface area contributed by atoms with E-state index in [1.54, 1.807) is 0 Å². The Kier molecular flexibility index (Phi) is 6.30. The van der Waals surface area contributed by atoms with Crippen LogP contribution in [0.1, 0.15) is 56.5 Å². The van der Waals surface area contributed by atoms with Crippen LogP contribution in [-0.4, -0.2) is 24.6 Å². The zero-order chi connectivity index (χ0) is 14.4. The van der Waals surface area contributed by atoms with Crippen molar-refractivity contribution in [3.05, 3.63) is 10.6 Å². The smallest absolute Gasteiger partial charge is 0.185 e. The second-order valence-corrected chi connectivity index (χ2v) is 6.96. The van der Waals surface area contributed by atoms with Gasteiger partial charge in [0.2, 0.25) is 0 Å². The molecule has 1 aromatic rings. The van der Waals surface area contributed by atoms with E-state index in [0.717, 1.165) is 19.0 Å². The predicted octanol–water partition coefficient (Wildman–Crippen LogP) is 3.97. The van der Waals surface area contributed by atoms with Crippen molar-refractivity contribution >= 4 is 16.5 Å². The maximum atomic E-state index is 4.79. The second-order valence-electron chi connectivity index (χ2n) is 5.90. The molecule has 1 aliphatic rings. The molecule has 1 aromatic heterocycles. The molecule has 20 heavy (non-hydrogen) atoms. The number of hydrogen-bond donors (Lipinski definition) is 1. The van der Waals surface area contributed by atoms with E-state index in [9.17, 15) is 0 Å². The summed E-state index contributed by atoms with van der Waals surface area (Å²) in [5.74, 6) is 0.947. The zero-order valence-electron chi connectivity index (χ0n) is 13.2. The second kappa shape index (κ2) is 7.99. The van der Waals surface area contributed by atoms with Crippen LogP contribution in [0.2, 0.25) is 0 Å². The number of nitrogens with one attached hydrogen (secondary N) is 1. The molecule has 0 aliphatic carbocycles. The minimum atomic E-state index is 0.947. The van der Waals surface area contributed by atoms with Crippen molar-refractivity contribution in [2.45, 2.75) is 59.4 Å². The fourth-order valence-electron chi connectivity index (χ4n) is 2.91. The summed E-state index contributed by atoms with van der Waals surface area (Å²) >= 11 is 1.88. The van der Waals surface area contributed by atoms with Gasteiger partial charge in [0.1, 0.15) is 0 Å². The molecule has 1 N–H and O–H groups in total. The van der Waals surface area contributed by atoms with Crippen molar-refractivity contribution < 1.29 is 0 Å². The molecule has 1 saturated heterocycles. The van der Waals surface area contributed by atoms with Crippen LogP contribution in [0.3, 0.4) is 0 Å². The minimum Gasteiger partial charge on any atom is -0.348 e. The molecule has 0 bridgehead atoms. The molecule has 114 valence electrons. The first-order valence-corrected chi connectivity index (χ1v) is 8.98. The third-order valence-corrected chi connectivity index (χ3v) is 5.39. The molecule has 0 amide bonds. The van der Waals surface area contributed by atoms with Crippen LogP contribution in [0.25, 0.3) is 0 Å². The summed E-state index contributed by atoms with van der Waals surface area (Å²) < 4.78 is 0. The lowest BCUT2D eigenvalue weighted by molar-refractivity contribution is 0.378. The third-order valence-electron chi connectivity index (χ3n) is 4.18. The van der Waals surface area contributed by atoms with Crippen LogP contribution >= 0.6 is 11.3 Å². The summed E-state index contributed by atoms with van der Waals surface area (Å²) in [6.45, 7) is 11.1. The number of thiazole rings is 1. The van der Waals surface area contributed by atoms with Gasteiger partial charge >= 0.3 is 0 Å². The lowest BCUT2D eigenvalue weighted by Crippen LogP contribution is -2.33. The van der Waals surface area contributed by atoms with Gasteiger partial charge in [0, 0.05) is 24.5 Å². The lowest BCUT2D eigenvalue weighted by atomic mass is 9.93. The van der Waals surface area contributed by atoms with Crippen LogP contribution in [-0.2, 0) is 6.54 Å². The summed E-state index contributed by atoms with van der Waals surface area (Å²) in [4.78, 5) is 8.69. The van der Waals surface area contributed by atoms with Gasteiger partial charge in [-0.2, -0.15) is 0 Å². The van der Waals surface area contributed by atoms with Crippen molar-refractivity contribution in [2.24, 2.45) is 5.92 Å². The van der Waals surface area contributed by atoms with Gasteiger partial charge in [-0.15, -0.1) is 11.3 Å². The summed E-state index contributed by atoms with van der Waals surface area (Å²) in [5.41, 5.74) is 1.21. The van der Waals surface area contributed by atoms with E-state index in [1.807, 2.05) is 11.3 Å². The number of hydrogen-bond acceptors (Lipinski definition) is 4. The highest BCUT2D eigenvalue weighted by Gasteiger charge is 2.21. The first-order valence-electron chi connectivity index (χ1n) is 8.16. The van der Waals surface area contributed by atoms with Crippen LogP contribution < -0.4 is 10.2 Å². The maximum Gasteiger partial charge on any atom is 0.185 e. The number of anilines is 1. The normalized spacial score (nSPS) is 16.9. The van der Waals surface area contributed by atoms with Gasteiger partial charge in [0.05, 0.1) is 5.69 Å². The molecule has 0 atom stereocenters. The summed E-state index contributed by atoms with van der Waals surface area (Å²) in [6.07, 6.45) is 6.60. The molecule has 3 nitrogen and oxygen atoms in total. The largest absolute Gasteiger partial charge is 0.348 e. The molecular weight excluding hydrogens is 266 g/mol. The Labute approximate surface area is 127 Å². The van der Waals surface area contributed by atoms with Crippen molar-refractivity contribution in [3.63, 3.8) is 0 Å². The average molecular weight is 295 g/mol. The Bertz CT molecular complexity index is 394. The van der Waals surface area contributed by atoms with Crippen molar-refractivity contribution in [3.8, 4) is 0 Å². The van der Waals surface area contributed by atoms with E-state index >= 15 is 0 Å². The number of aryl methyl sites for hydroxylation is 1. The first-order chi connectivity index (χ1) is 9.74. The Hall–Kier alpha value is -0.610. The molecule has 2 rings (SSSR count). The molecule has 0 spiro atoms. The molecule has 4 heteroatoms. The standard InChI is InChI=1S/C16H29N3S/c1-4-6-14-7-10-19(11-8-14)16-18-13(3)15(20-16)12-17-9-5-2/h14,17H,4-12H2,1-3H3. The highest BCUT2D eigenvalue weighted by atomic mass is 32.1. The SMILES string of the molecule is CCCNCc1sc(N2CCC(CCC)CC2)nc1C. The van der Waals surface area contributed by atoms with Gasteiger partial charge in [0.25, 0.3) is 0 Å². The highest BCUT2D eigenvalue weighted by molar-refractivity contribution is 7.15. The molecular formula is C16H29N3S. The molecule has 0 aromatic carbocycles. The lowest BCUT2D eigenvalue weighted by Gasteiger charge is -2.31. The molecule has 0 saturated carbocycles. The summed E-state index contributed by atoms with van der Waals surface area (Å²) in [5, 5.41) is 4.73. The fourth-order valence-corrected chi connectivity index (χ4v) is 3.99. The molecule has 1 aliphatic heterocycles. The summed E-state index contributed by atoms with van der Waals surface area (Å²) in [6, 6.07) is 0. The Balaban J connectivity index is 1.88. The maximum absolute atomic E-state index is 4.79. The van der Waals surface area contributed by atoms with E-state index in [4.69, 9.17) is 4.98 Å². The minimum absolute atomic E-state index is 0.947. The van der Waals surface area contributed by atoms with Gasteiger partial charge in [-0.1, -0.05) is 26.7 Å². The van der Waals surface area contributed by atoms with Gasteiger partial charge in [-0.25, -0.2) is 4.98 Å². The Morgan fingerprint density at radius 2 is 2.00 bits per heavy atom. The molecule has 0 radical (unpaired) electrons. The van der Waals surface area contributed by atoms with Crippen LogP contribution in [0, 0.1) is 12.8 Å². The van der Waals surface area contributed by atoms with E-state index < -0.39 is 0 Å². The van der Waals surface area contributed by atoms with Crippen molar-refractivity contribution in [1.82, 2.24) is 10.3 Å². The van der Waals surface area contributed by atoms with E-state index in [0.29, 0.717) is 0 Å². The van der Waals surface area contributed by atoms with Crippen LogP contribution in [0.15, 0.2) is 0 Å². The van der Waals surface area contributed by atoms with Gasteiger partial charge < -0.3 is 10.2 Å². The predicted molar refractivity (Wildman–Crippen MR) is 88.7 cm³/mol. The van der Waals surface area contributed by atoms with Crippen LogP contribution in [0.4, 0.5) is 5.13 Å². The number of piperidine rings is 1. The van der Waals surface area contributed by atoms with Gasteiger partial charge in [-0.05, 0) is 38.6 Å². The molecule has 2 heterocycles. The quantitative estimate of drug-likeness (QED) is 0.772. The topological polar surface area (TPSA) is 28.2 Å². The average Bonchev–Trinajstić information content (AvgIpc) is 2.82. The van der Waals surface area contributed by atoms with E-state index in [1.165, 1.54) is 60.9 Å². The van der Waals surface area contributed by atoms with Crippen LogP contribution in [0.5, 0.6) is 0 Å².